The molecule has 22 heavy (non-hydrogen) atoms. The molecule has 0 atom stereocenters. The summed E-state index contributed by atoms with van der Waals surface area (Å²) in [5.41, 5.74) is 5.55. The molecule has 0 saturated carbocycles. The number of pyridine rings is 1. The lowest BCUT2D eigenvalue weighted by Crippen LogP contribution is -2.14. The number of aromatic nitrogens is 2. The third kappa shape index (κ3) is 1.95. The number of nitrogens with zero attached hydrogens (tertiary/aromatic N) is 2. The fourth-order valence-corrected chi connectivity index (χ4v) is 2.32. The molecule has 2 aromatic heterocycles. The van der Waals surface area contributed by atoms with Gasteiger partial charge in [0.05, 0.1) is 12.7 Å². The molecule has 4 rings (SSSR count). The summed E-state index contributed by atoms with van der Waals surface area (Å²) in [6.07, 6.45) is 5.05. The van der Waals surface area contributed by atoms with E-state index in [9.17, 15) is 0 Å². The average molecular weight is 297 g/mol. The second-order valence-corrected chi connectivity index (χ2v) is 4.61. The highest BCUT2D eigenvalue weighted by Crippen LogP contribution is 2.44. The highest BCUT2D eigenvalue weighted by molar-refractivity contribution is 5.81. The molecule has 0 spiro atoms. The first-order valence-corrected chi connectivity index (χ1v) is 6.52. The van der Waals surface area contributed by atoms with Crippen LogP contribution in [0.3, 0.4) is 0 Å². The van der Waals surface area contributed by atoms with Gasteiger partial charge in [0, 0.05) is 29.2 Å². The Morgan fingerprint density at radius 2 is 2.14 bits per heavy atom. The minimum absolute atomic E-state index is 0.498. The predicted octanol–water partition coefficient (Wildman–Crippen LogP) is 2.60. The number of hydrogen-bond donors (Lipinski definition) is 1. The first kappa shape index (κ1) is 12.7. The zero-order chi connectivity index (χ0) is 14.9. The summed E-state index contributed by atoms with van der Waals surface area (Å²) >= 11 is 0. The summed E-state index contributed by atoms with van der Waals surface area (Å²) < 4.78 is 10.5. The van der Waals surface area contributed by atoms with Gasteiger partial charge in [0.15, 0.2) is 5.75 Å². The van der Waals surface area contributed by atoms with Gasteiger partial charge in [-0.25, -0.2) is 0 Å². The van der Waals surface area contributed by atoms with Crippen LogP contribution in [0.2, 0.25) is 0 Å². The van der Waals surface area contributed by atoms with Crippen molar-refractivity contribution in [2.24, 2.45) is 0 Å². The van der Waals surface area contributed by atoms with Crippen LogP contribution in [-0.4, -0.2) is 17.3 Å². The first-order valence-electron chi connectivity index (χ1n) is 6.52. The largest absolute Gasteiger partial charge is 0.493 e. The van der Waals surface area contributed by atoms with Crippen molar-refractivity contribution in [2.45, 2.75) is 0 Å². The third-order valence-corrected chi connectivity index (χ3v) is 3.35. The summed E-state index contributed by atoms with van der Waals surface area (Å²) in [6.45, 7) is 0. The molecule has 1 N–H and O–H groups in total. The second-order valence-electron chi connectivity index (χ2n) is 4.61. The topological polar surface area (TPSA) is 78.6 Å². The fourth-order valence-electron chi connectivity index (χ4n) is 2.32. The summed E-state index contributed by atoms with van der Waals surface area (Å²) in [4.78, 5) is 14.5. The maximum Gasteiger partial charge on any atom is 0.237 e. The molecular formula is C15H11N3O4. The number of nitrogens with one attached hydrogen (secondary N) is 1. The van der Waals surface area contributed by atoms with Gasteiger partial charge in [0.2, 0.25) is 11.5 Å². The standard InChI is InChI=1S/C15H11N3O4/c1-19-12-5-10(6-13-15(12)22-18-21-13)14-11(8-20-17-14)9-3-2-4-16-7-9/h2-8,18H,1H3. The zero-order valence-electron chi connectivity index (χ0n) is 11.6. The molecule has 0 aliphatic carbocycles. The maximum atomic E-state index is 5.33. The Morgan fingerprint density at radius 3 is 2.95 bits per heavy atom. The lowest BCUT2D eigenvalue weighted by Gasteiger charge is -2.06. The summed E-state index contributed by atoms with van der Waals surface area (Å²) in [6, 6.07) is 7.41. The molecule has 0 saturated heterocycles. The number of benzene rings is 1. The number of hydrogen-bond acceptors (Lipinski definition) is 7. The van der Waals surface area contributed by atoms with Gasteiger partial charge >= 0.3 is 0 Å². The van der Waals surface area contributed by atoms with E-state index in [-0.39, 0.29) is 0 Å². The van der Waals surface area contributed by atoms with Gasteiger partial charge in [-0.3, -0.25) is 4.98 Å². The van der Waals surface area contributed by atoms with Crippen molar-refractivity contribution in [3.8, 4) is 39.6 Å². The van der Waals surface area contributed by atoms with Crippen LogP contribution in [0.25, 0.3) is 22.4 Å². The van der Waals surface area contributed by atoms with Crippen molar-refractivity contribution >= 4 is 0 Å². The van der Waals surface area contributed by atoms with Gasteiger partial charge in [0.1, 0.15) is 12.0 Å². The molecule has 0 fully saturated rings. The quantitative estimate of drug-likeness (QED) is 0.796. The molecule has 3 heterocycles. The van der Waals surface area contributed by atoms with E-state index >= 15 is 0 Å². The van der Waals surface area contributed by atoms with Crippen LogP contribution >= 0.6 is 0 Å². The maximum absolute atomic E-state index is 5.33. The number of ether oxygens (including phenoxy) is 1. The minimum Gasteiger partial charge on any atom is -0.493 e. The van der Waals surface area contributed by atoms with Crippen LogP contribution in [0.5, 0.6) is 17.2 Å². The Labute approximate surface area is 125 Å². The monoisotopic (exact) mass is 297 g/mol. The van der Waals surface area contributed by atoms with E-state index in [4.69, 9.17) is 18.9 Å². The van der Waals surface area contributed by atoms with Crippen LogP contribution < -0.4 is 20.1 Å². The van der Waals surface area contributed by atoms with Gasteiger partial charge in [-0.05, 0) is 18.2 Å². The summed E-state index contributed by atoms with van der Waals surface area (Å²) in [7, 11) is 1.56. The molecule has 1 aromatic carbocycles. The fraction of sp³-hybridized carbons (Fsp3) is 0.0667. The summed E-state index contributed by atoms with van der Waals surface area (Å²) in [5, 5.41) is 4.09. The Balaban J connectivity index is 1.86. The van der Waals surface area contributed by atoms with Crippen LogP contribution in [0.1, 0.15) is 0 Å². The number of methoxy groups -OCH3 is 1. The number of rotatable bonds is 3. The molecule has 0 radical (unpaired) electrons. The lowest BCUT2D eigenvalue weighted by atomic mass is 10.0. The Kier molecular flexibility index (Phi) is 2.90. The molecule has 0 unspecified atom stereocenters. The normalized spacial score (nSPS) is 12.4. The Hall–Kier alpha value is -3.06. The van der Waals surface area contributed by atoms with Crippen molar-refractivity contribution in [2.75, 3.05) is 7.11 Å². The van der Waals surface area contributed by atoms with E-state index in [0.717, 1.165) is 16.7 Å². The van der Waals surface area contributed by atoms with Crippen molar-refractivity contribution < 1.29 is 18.9 Å². The Bertz CT molecular complexity index is 817. The van der Waals surface area contributed by atoms with E-state index in [0.29, 0.717) is 22.9 Å². The van der Waals surface area contributed by atoms with Crippen LogP contribution in [0.15, 0.2) is 47.4 Å². The second kappa shape index (κ2) is 5.05. The predicted molar refractivity (Wildman–Crippen MR) is 76.1 cm³/mol. The van der Waals surface area contributed by atoms with Gasteiger partial charge < -0.3 is 18.9 Å². The molecule has 0 bridgehead atoms. The van der Waals surface area contributed by atoms with E-state index in [1.54, 1.807) is 31.8 Å². The summed E-state index contributed by atoms with van der Waals surface area (Å²) in [5.74, 6) is 1.56. The van der Waals surface area contributed by atoms with Crippen LogP contribution in [0.4, 0.5) is 0 Å². The van der Waals surface area contributed by atoms with Crippen LogP contribution in [0, 0.1) is 0 Å². The van der Waals surface area contributed by atoms with Crippen molar-refractivity contribution in [3.05, 3.63) is 42.9 Å². The van der Waals surface area contributed by atoms with Gasteiger partial charge in [-0.15, -0.1) is 0 Å². The van der Waals surface area contributed by atoms with Crippen molar-refractivity contribution in [1.29, 1.82) is 0 Å². The van der Waals surface area contributed by atoms with Crippen LogP contribution in [-0.2, 0) is 0 Å². The van der Waals surface area contributed by atoms with E-state index < -0.39 is 0 Å². The van der Waals surface area contributed by atoms with Gasteiger partial charge in [-0.2, -0.15) is 0 Å². The van der Waals surface area contributed by atoms with Crippen molar-refractivity contribution in [1.82, 2.24) is 15.8 Å². The van der Waals surface area contributed by atoms with Gasteiger partial charge in [-0.1, -0.05) is 11.2 Å². The molecule has 7 heteroatoms. The van der Waals surface area contributed by atoms with E-state index in [1.165, 1.54) is 0 Å². The molecule has 1 aliphatic heterocycles. The molecule has 1 aliphatic rings. The zero-order valence-corrected chi connectivity index (χ0v) is 11.6. The van der Waals surface area contributed by atoms with Crippen molar-refractivity contribution in [3.63, 3.8) is 0 Å². The minimum atomic E-state index is 0.498. The highest BCUT2D eigenvalue weighted by atomic mass is 16.9. The molecule has 7 nitrogen and oxygen atoms in total. The SMILES string of the molecule is COc1cc(-c2nocc2-c2cccnc2)cc2c1ONO2. The smallest absolute Gasteiger partial charge is 0.237 e. The first-order chi connectivity index (χ1) is 10.9. The molecule has 0 amide bonds. The molecule has 3 aromatic rings. The van der Waals surface area contributed by atoms with Gasteiger partial charge in [0.25, 0.3) is 0 Å². The van der Waals surface area contributed by atoms with E-state index in [2.05, 4.69) is 15.8 Å². The Morgan fingerprint density at radius 1 is 1.18 bits per heavy atom. The average Bonchev–Trinajstić information content (AvgIpc) is 3.23. The highest BCUT2D eigenvalue weighted by Gasteiger charge is 2.23. The molecular weight excluding hydrogens is 286 g/mol. The van der Waals surface area contributed by atoms with E-state index in [1.807, 2.05) is 18.2 Å². The molecule has 110 valence electrons. The third-order valence-electron chi connectivity index (χ3n) is 3.35. The lowest BCUT2D eigenvalue weighted by molar-refractivity contribution is 0.0248. The number of fused-ring (bicyclic) bond motifs is 1.